The highest BCUT2D eigenvalue weighted by atomic mass is 32.2. The minimum Gasteiger partial charge on any atom is -0.354 e. The molecule has 1 aromatic heterocycles. The number of anilines is 1. The van der Waals surface area contributed by atoms with Crippen molar-refractivity contribution in [1.82, 2.24) is 9.97 Å². The molecule has 21 heavy (non-hydrogen) atoms. The lowest BCUT2D eigenvalue weighted by Gasteiger charge is -2.08. The molecule has 0 atom stereocenters. The number of rotatable bonds is 5. The topological polar surface area (TPSA) is 81.0 Å². The third-order valence-corrected chi connectivity index (χ3v) is 3.52. The van der Waals surface area contributed by atoms with Crippen LogP contribution in [0.4, 0.5) is 16.0 Å². The molecule has 0 saturated heterocycles. The smallest absolute Gasteiger partial charge is 0.322 e. The lowest BCUT2D eigenvalue weighted by Crippen LogP contribution is -2.07. The molecule has 1 N–H and O–H groups in total. The first kappa shape index (κ1) is 15.2. The number of nitrogens with zero attached hydrogens (tertiary/aromatic N) is 3. The Bertz CT molecular complexity index is 681. The van der Waals surface area contributed by atoms with Crippen molar-refractivity contribution >= 4 is 23.4 Å². The predicted octanol–water partition coefficient (Wildman–Crippen LogP) is 3.42. The van der Waals surface area contributed by atoms with E-state index in [-0.39, 0.29) is 16.4 Å². The Morgan fingerprint density at radius 1 is 1.43 bits per heavy atom. The summed E-state index contributed by atoms with van der Waals surface area (Å²) in [6, 6.07) is 5.83. The van der Waals surface area contributed by atoms with E-state index >= 15 is 0 Å². The summed E-state index contributed by atoms with van der Waals surface area (Å²) < 4.78 is 13.2. The van der Waals surface area contributed by atoms with Crippen LogP contribution in [0.2, 0.25) is 0 Å². The molecule has 8 heteroatoms. The summed E-state index contributed by atoms with van der Waals surface area (Å²) in [4.78, 5) is 19.4. The van der Waals surface area contributed by atoms with E-state index in [2.05, 4.69) is 15.3 Å². The quantitative estimate of drug-likeness (QED) is 0.518. The number of nitro groups is 1. The monoisotopic (exact) mass is 308 g/mol. The van der Waals surface area contributed by atoms with Crippen molar-refractivity contribution in [2.24, 2.45) is 0 Å². The molecule has 0 aliphatic heterocycles. The van der Waals surface area contributed by atoms with E-state index in [9.17, 15) is 14.5 Å². The predicted molar refractivity (Wildman–Crippen MR) is 78.1 cm³/mol. The third-order valence-electron chi connectivity index (χ3n) is 2.55. The minimum absolute atomic E-state index is 0.161. The van der Waals surface area contributed by atoms with Gasteiger partial charge in [0.1, 0.15) is 11.5 Å². The molecule has 2 aromatic rings. The van der Waals surface area contributed by atoms with E-state index in [0.717, 1.165) is 11.8 Å². The molecule has 0 saturated carbocycles. The molecular weight excluding hydrogens is 295 g/mol. The van der Waals surface area contributed by atoms with Gasteiger partial charge in [0.15, 0.2) is 5.03 Å². The van der Waals surface area contributed by atoms with Crippen molar-refractivity contribution in [2.75, 3.05) is 11.9 Å². The van der Waals surface area contributed by atoms with Crippen molar-refractivity contribution in [2.45, 2.75) is 23.8 Å². The lowest BCUT2D eigenvalue weighted by atomic mass is 10.3. The first-order valence-corrected chi connectivity index (χ1v) is 7.03. The molecule has 0 spiro atoms. The van der Waals surface area contributed by atoms with Gasteiger partial charge in [-0.25, -0.2) is 9.37 Å². The van der Waals surface area contributed by atoms with Crippen LogP contribution in [0.15, 0.2) is 34.2 Å². The summed E-state index contributed by atoms with van der Waals surface area (Å²) in [6.45, 7) is 4.02. The van der Waals surface area contributed by atoms with Crippen molar-refractivity contribution < 1.29 is 9.31 Å². The maximum Gasteiger partial charge on any atom is 0.322 e. The van der Waals surface area contributed by atoms with Crippen LogP contribution in [0, 0.1) is 22.9 Å². The van der Waals surface area contributed by atoms with E-state index in [0.29, 0.717) is 17.4 Å². The molecule has 0 bridgehead atoms. The Morgan fingerprint density at radius 3 is 2.81 bits per heavy atom. The number of aryl methyl sites for hydroxylation is 1. The molecular formula is C13H13FN4O2S. The molecule has 0 aliphatic rings. The molecule has 1 heterocycles. The summed E-state index contributed by atoms with van der Waals surface area (Å²) in [7, 11) is 0. The van der Waals surface area contributed by atoms with Crippen LogP contribution in [-0.4, -0.2) is 21.4 Å². The van der Waals surface area contributed by atoms with Crippen molar-refractivity contribution in [1.29, 1.82) is 0 Å². The van der Waals surface area contributed by atoms with E-state index in [1.165, 1.54) is 12.1 Å². The zero-order valence-electron chi connectivity index (χ0n) is 11.5. The molecule has 0 radical (unpaired) electrons. The van der Waals surface area contributed by atoms with E-state index in [1.807, 2.05) is 6.92 Å². The molecule has 0 aliphatic carbocycles. The summed E-state index contributed by atoms with van der Waals surface area (Å²) in [5.74, 6) is -0.0835. The van der Waals surface area contributed by atoms with Crippen molar-refractivity contribution in [3.05, 3.63) is 45.9 Å². The second kappa shape index (κ2) is 6.49. The second-order valence-electron chi connectivity index (χ2n) is 4.13. The van der Waals surface area contributed by atoms with Gasteiger partial charge in [0.05, 0.1) is 4.92 Å². The van der Waals surface area contributed by atoms with Gasteiger partial charge in [0.25, 0.3) is 0 Å². The van der Waals surface area contributed by atoms with Crippen LogP contribution in [0.25, 0.3) is 0 Å². The van der Waals surface area contributed by atoms with Gasteiger partial charge >= 0.3 is 5.69 Å². The van der Waals surface area contributed by atoms with E-state index in [1.54, 1.807) is 19.1 Å². The number of nitrogens with one attached hydrogen (secondary N) is 1. The molecule has 0 unspecified atom stereocenters. The Hall–Kier alpha value is -2.22. The number of benzene rings is 1. The Morgan fingerprint density at radius 2 is 2.19 bits per heavy atom. The van der Waals surface area contributed by atoms with Crippen LogP contribution < -0.4 is 5.32 Å². The molecule has 0 amide bonds. The fourth-order valence-corrected chi connectivity index (χ4v) is 2.69. The fourth-order valence-electron chi connectivity index (χ4n) is 1.70. The van der Waals surface area contributed by atoms with E-state index < -0.39 is 10.7 Å². The zero-order chi connectivity index (χ0) is 15.4. The summed E-state index contributed by atoms with van der Waals surface area (Å²) in [5, 5.41) is 14.3. The Balaban J connectivity index is 2.46. The highest BCUT2D eigenvalue weighted by Crippen LogP contribution is 2.35. The number of hydrogen-bond donors (Lipinski definition) is 1. The third kappa shape index (κ3) is 3.66. The summed E-state index contributed by atoms with van der Waals surface area (Å²) in [6.07, 6.45) is 0. The Labute approximate surface area is 125 Å². The van der Waals surface area contributed by atoms with E-state index in [4.69, 9.17) is 0 Å². The molecule has 6 nitrogen and oxygen atoms in total. The number of aromatic nitrogens is 2. The standard InChI is InChI=1S/C13H13FN4O2S/c1-3-15-13-16-8(2)11(18(19)20)12(17-13)21-10-6-4-5-9(14)7-10/h4-7H,3H2,1-2H3,(H,15,16,17). The maximum atomic E-state index is 13.2. The normalized spacial score (nSPS) is 10.4. The first-order chi connectivity index (χ1) is 10.0. The summed E-state index contributed by atoms with van der Waals surface area (Å²) >= 11 is 1.04. The van der Waals surface area contributed by atoms with Crippen LogP contribution in [-0.2, 0) is 0 Å². The van der Waals surface area contributed by atoms with Crippen LogP contribution >= 0.6 is 11.8 Å². The average molecular weight is 308 g/mol. The van der Waals surface area contributed by atoms with Gasteiger partial charge in [-0.1, -0.05) is 17.8 Å². The molecule has 110 valence electrons. The van der Waals surface area contributed by atoms with Crippen LogP contribution in [0.5, 0.6) is 0 Å². The molecule has 0 fully saturated rings. The first-order valence-electron chi connectivity index (χ1n) is 6.21. The average Bonchev–Trinajstić information content (AvgIpc) is 2.38. The van der Waals surface area contributed by atoms with Gasteiger partial charge < -0.3 is 5.32 Å². The highest BCUT2D eigenvalue weighted by molar-refractivity contribution is 7.99. The minimum atomic E-state index is -0.521. The van der Waals surface area contributed by atoms with Gasteiger partial charge in [0.2, 0.25) is 5.95 Å². The van der Waals surface area contributed by atoms with Gasteiger partial charge in [-0.05, 0) is 32.0 Å². The van der Waals surface area contributed by atoms with Gasteiger partial charge in [-0.2, -0.15) is 4.98 Å². The number of halogens is 1. The zero-order valence-corrected chi connectivity index (χ0v) is 12.3. The van der Waals surface area contributed by atoms with Crippen LogP contribution in [0.3, 0.4) is 0 Å². The van der Waals surface area contributed by atoms with Crippen LogP contribution in [0.1, 0.15) is 12.6 Å². The largest absolute Gasteiger partial charge is 0.354 e. The summed E-state index contributed by atoms with van der Waals surface area (Å²) in [5.41, 5.74) is 0.107. The fraction of sp³-hybridized carbons (Fsp3) is 0.231. The highest BCUT2D eigenvalue weighted by Gasteiger charge is 2.23. The van der Waals surface area contributed by atoms with Gasteiger partial charge in [-0.3, -0.25) is 10.1 Å². The molecule has 1 aromatic carbocycles. The van der Waals surface area contributed by atoms with Crippen molar-refractivity contribution in [3.63, 3.8) is 0 Å². The van der Waals surface area contributed by atoms with Gasteiger partial charge in [-0.15, -0.1) is 0 Å². The second-order valence-corrected chi connectivity index (χ2v) is 5.20. The van der Waals surface area contributed by atoms with Crippen molar-refractivity contribution in [3.8, 4) is 0 Å². The van der Waals surface area contributed by atoms with Gasteiger partial charge in [0, 0.05) is 11.4 Å². The SMILES string of the molecule is CCNc1nc(C)c([N+](=O)[O-])c(Sc2cccc(F)c2)n1. The molecule has 2 rings (SSSR count). The maximum absolute atomic E-state index is 13.2. The lowest BCUT2D eigenvalue weighted by molar-refractivity contribution is -0.389. The number of hydrogen-bond acceptors (Lipinski definition) is 6. The Kier molecular flexibility index (Phi) is 4.69.